The van der Waals surface area contributed by atoms with Crippen molar-refractivity contribution in [2.75, 3.05) is 32.7 Å². The van der Waals surface area contributed by atoms with E-state index in [4.69, 9.17) is 21.2 Å². The lowest BCUT2D eigenvalue weighted by molar-refractivity contribution is 0.0366. The van der Waals surface area contributed by atoms with Gasteiger partial charge in [-0.05, 0) is 25.1 Å². The molecule has 0 bridgehead atoms. The van der Waals surface area contributed by atoms with Gasteiger partial charge in [0.05, 0.1) is 41.1 Å². The number of hydrogen-bond donors (Lipinski definition) is 2. The molecular formula is C18H20ClN5O3. The Morgan fingerprint density at radius 1 is 1.33 bits per heavy atom. The summed E-state index contributed by atoms with van der Waals surface area (Å²) >= 11 is 6.44. The average molecular weight is 390 g/mol. The van der Waals surface area contributed by atoms with Gasteiger partial charge >= 0.3 is 0 Å². The third-order valence-corrected chi connectivity index (χ3v) is 4.20. The maximum atomic E-state index is 12.3. The number of H-pyrrole nitrogens is 1. The van der Waals surface area contributed by atoms with E-state index in [1.54, 1.807) is 19.2 Å². The minimum absolute atomic E-state index is 0.355. The lowest BCUT2D eigenvalue weighted by atomic mass is 10.1. The molecule has 0 saturated heterocycles. The first-order chi connectivity index (χ1) is 13.0. The van der Waals surface area contributed by atoms with E-state index in [0.29, 0.717) is 45.4 Å². The number of rotatable bonds is 6. The molecule has 9 heteroatoms. The van der Waals surface area contributed by atoms with Crippen LogP contribution in [-0.4, -0.2) is 48.7 Å². The van der Waals surface area contributed by atoms with Crippen LogP contribution in [0.25, 0.3) is 22.3 Å². The third kappa shape index (κ3) is 3.67. The number of aromatic nitrogens is 3. The topological polar surface area (TPSA) is 92.4 Å². The molecular weight excluding hydrogens is 370 g/mol. The Kier molecular flexibility index (Phi) is 5.48. The Bertz CT molecular complexity index is 987. The van der Waals surface area contributed by atoms with Gasteiger partial charge in [0.25, 0.3) is 5.91 Å². The number of carbonyl (C=O) groups is 1. The zero-order chi connectivity index (χ0) is 19.6. The molecule has 1 amide bonds. The fourth-order valence-corrected chi connectivity index (χ4v) is 2.85. The monoisotopic (exact) mass is 389 g/mol. The van der Waals surface area contributed by atoms with E-state index in [2.05, 4.69) is 20.4 Å². The Morgan fingerprint density at radius 3 is 2.78 bits per heavy atom. The molecule has 142 valence electrons. The second kappa shape index (κ2) is 7.81. The maximum absolute atomic E-state index is 12.3. The minimum Gasteiger partial charge on any atom is -0.480 e. The van der Waals surface area contributed by atoms with E-state index in [0.717, 1.165) is 5.82 Å². The summed E-state index contributed by atoms with van der Waals surface area (Å²) in [6.45, 7) is 2.14. The first kappa shape index (κ1) is 18.9. The van der Waals surface area contributed by atoms with Crippen LogP contribution in [0.4, 0.5) is 5.82 Å². The van der Waals surface area contributed by atoms with E-state index in [-0.39, 0.29) is 0 Å². The zero-order valence-electron chi connectivity index (χ0n) is 15.5. The molecule has 3 rings (SSSR count). The van der Waals surface area contributed by atoms with Crippen LogP contribution in [0.1, 0.15) is 17.3 Å². The highest BCUT2D eigenvalue weighted by molar-refractivity contribution is 6.34. The minimum atomic E-state index is -0.392. The molecule has 0 aromatic carbocycles. The molecule has 0 aliphatic rings. The van der Waals surface area contributed by atoms with Gasteiger partial charge in [0.15, 0.2) is 0 Å². The maximum Gasteiger partial charge on any atom is 0.278 e. The van der Waals surface area contributed by atoms with Crippen molar-refractivity contribution in [3.63, 3.8) is 0 Å². The summed E-state index contributed by atoms with van der Waals surface area (Å²) in [4.78, 5) is 31.2. The molecule has 8 nitrogen and oxygen atoms in total. The van der Waals surface area contributed by atoms with Gasteiger partial charge in [-0.2, -0.15) is 4.98 Å². The van der Waals surface area contributed by atoms with Crippen molar-refractivity contribution in [2.45, 2.75) is 6.92 Å². The van der Waals surface area contributed by atoms with Crippen LogP contribution in [0, 0.1) is 0 Å². The number of nitrogens with one attached hydrogen (secondary N) is 2. The lowest BCUT2D eigenvalue weighted by Crippen LogP contribution is -2.23. The highest BCUT2D eigenvalue weighted by atomic mass is 35.5. The molecule has 2 N–H and O–H groups in total. The summed E-state index contributed by atoms with van der Waals surface area (Å²) < 4.78 is 5.43. The molecule has 3 aromatic heterocycles. The van der Waals surface area contributed by atoms with Crippen LogP contribution < -0.4 is 15.1 Å². The fourth-order valence-electron chi connectivity index (χ4n) is 2.59. The first-order valence-electron chi connectivity index (χ1n) is 8.28. The number of aromatic amines is 1. The number of fused-ring (bicyclic) bond motifs is 1. The Hall–Kier alpha value is -2.84. The van der Waals surface area contributed by atoms with E-state index in [1.165, 1.54) is 7.11 Å². The van der Waals surface area contributed by atoms with Gasteiger partial charge in [0.1, 0.15) is 11.3 Å². The summed E-state index contributed by atoms with van der Waals surface area (Å²) in [5.41, 5.74) is 4.95. The van der Waals surface area contributed by atoms with Crippen LogP contribution in [0.3, 0.4) is 0 Å². The molecule has 0 unspecified atom stereocenters. The van der Waals surface area contributed by atoms with Crippen LogP contribution in [-0.2, 0) is 4.84 Å². The number of carbonyl (C=O) groups excluding carboxylic acids is 1. The molecule has 3 aromatic rings. The number of hydroxylamine groups is 1. The predicted molar refractivity (Wildman–Crippen MR) is 104 cm³/mol. The summed E-state index contributed by atoms with van der Waals surface area (Å²) in [6.07, 6.45) is 1.57. The van der Waals surface area contributed by atoms with Gasteiger partial charge in [-0.3, -0.25) is 9.63 Å². The highest BCUT2D eigenvalue weighted by Crippen LogP contribution is 2.35. The summed E-state index contributed by atoms with van der Waals surface area (Å²) in [5, 5.41) is 0.416. The number of anilines is 1. The van der Waals surface area contributed by atoms with Crippen molar-refractivity contribution in [1.29, 1.82) is 0 Å². The smallest absolute Gasteiger partial charge is 0.278 e. The number of methoxy groups -OCH3 is 1. The largest absolute Gasteiger partial charge is 0.480 e. The SMILES string of the molecule is CCONC(=O)c1c[nH]c2cc(Cl)c(-c3ccc(N(C)C)nc3OC)nc12. The van der Waals surface area contributed by atoms with Gasteiger partial charge in [-0.15, -0.1) is 0 Å². The van der Waals surface area contributed by atoms with Gasteiger partial charge in [-0.25, -0.2) is 10.5 Å². The van der Waals surface area contributed by atoms with Gasteiger partial charge in [0.2, 0.25) is 5.88 Å². The highest BCUT2D eigenvalue weighted by Gasteiger charge is 2.19. The van der Waals surface area contributed by atoms with Crippen LogP contribution in [0.15, 0.2) is 24.4 Å². The Morgan fingerprint density at radius 2 is 2.11 bits per heavy atom. The van der Waals surface area contributed by atoms with Crippen molar-refractivity contribution in [1.82, 2.24) is 20.4 Å². The average Bonchev–Trinajstić information content (AvgIpc) is 3.07. The molecule has 0 aliphatic heterocycles. The van der Waals surface area contributed by atoms with Crippen molar-refractivity contribution in [3.05, 3.63) is 35.0 Å². The number of pyridine rings is 2. The van der Waals surface area contributed by atoms with E-state index in [1.807, 2.05) is 31.1 Å². The van der Waals surface area contributed by atoms with E-state index >= 15 is 0 Å². The number of halogens is 1. The van der Waals surface area contributed by atoms with Crippen molar-refractivity contribution >= 4 is 34.4 Å². The second-order valence-electron chi connectivity index (χ2n) is 5.90. The molecule has 27 heavy (non-hydrogen) atoms. The number of amides is 1. The van der Waals surface area contributed by atoms with Gasteiger partial charge in [0, 0.05) is 20.3 Å². The third-order valence-electron chi connectivity index (χ3n) is 3.91. The van der Waals surface area contributed by atoms with E-state index < -0.39 is 5.91 Å². The molecule has 0 saturated carbocycles. The molecule has 3 heterocycles. The molecule has 0 spiro atoms. The Balaban J connectivity index is 2.12. The predicted octanol–water partition coefficient (Wildman–Crippen LogP) is 3.03. The summed E-state index contributed by atoms with van der Waals surface area (Å²) in [5.74, 6) is 0.744. The number of nitrogens with zero attached hydrogens (tertiary/aromatic N) is 3. The van der Waals surface area contributed by atoms with Crippen LogP contribution in [0.5, 0.6) is 5.88 Å². The second-order valence-corrected chi connectivity index (χ2v) is 6.31. The van der Waals surface area contributed by atoms with Gasteiger partial charge < -0.3 is 14.6 Å². The molecule has 0 fully saturated rings. The van der Waals surface area contributed by atoms with Crippen molar-refractivity contribution in [3.8, 4) is 17.1 Å². The lowest BCUT2D eigenvalue weighted by Gasteiger charge is -2.15. The summed E-state index contributed by atoms with van der Waals surface area (Å²) in [7, 11) is 5.32. The van der Waals surface area contributed by atoms with E-state index in [9.17, 15) is 4.79 Å². The quantitative estimate of drug-likeness (QED) is 0.629. The van der Waals surface area contributed by atoms with Crippen molar-refractivity contribution < 1.29 is 14.4 Å². The number of hydrogen-bond acceptors (Lipinski definition) is 6. The van der Waals surface area contributed by atoms with Gasteiger partial charge in [-0.1, -0.05) is 11.6 Å². The number of ether oxygens (including phenoxy) is 1. The van der Waals surface area contributed by atoms with Crippen LogP contribution in [0.2, 0.25) is 5.02 Å². The standard InChI is InChI=1S/C18H20ClN5O3/c1-5-27-23-17(25)11-9-20-13-8-12(19)15(22-16(11)13)10-6-7-14(24(2)3)21-18(10)26-4/h6-9,20H,5H2,1-4H3,(H,23,25). The van der Waals surface area contributed by atoms with Crippen molar-refractivity contribution in [2.24, 2.45) is 0 Å². The zero-order valence-corrected chi connectivity index (χ0v) is 16.2. The fraction of sp³-hybridized carbons (Fsp3) is 0.278. The molecule has 0 atom stereocenters. The molecule has 0 radical (unpaired) electrons. The Labute approximate surface area is 161 Å². The normalized spacial score (nSPS) is 10.9. The summed E-state index contributed by atoms with van der Waals surface area (Å²) in [6, 6.07) is 5.41. The van der Waals surface area contributed by atoms with Crippen LogP contribution >= 0.6 is 11.6 Å². The molecule has 0 aliphatic carbocycles. The first-order valence-corrected chi connectivity index (χ1v) is 8.66.